The van der Waals surface area contributed by atoms with Crippen molar-refractivity contribution in [2.24, 2.45) is 0 Å². The van der Waals surface area contributed by atoms with Crippen molar-refractivity contribution in [3.05, 3.63) is 35.7 Å². The second-order valence-electron chi connectivity index (χ2n) is 7.36. The number of hydrogen-bond acceptors (Lipinski definition) is 6. The molecule has 2 aliphatic heterocycles. The number of piperidine rings is 1. The number of benzene rings is 1. The molecule has 27 heavy (non-hydrogen) atoms. The first kappa shape index (κ1) is 18.1. The van der Waals surface area contributed by atoms with Crippen molar-refractivity contribution in [2.45, 2.75) is 44.7 Å². The van der Waals surface area contributed by atoms with Gasteiger partial charge >= 0.3 is 0 Å². The summed E-state index contributed by atoms with van der Waals surface area (Å²) in [6.45, 7) is 5.38. The van der Waals surface area contributed by atoms with Crippen LogP contribution in [0.1, 0.15) is 30.7 Å². The first-order valence-electron chi connectivity index (χ1n) is 9.66. The Morgan fingerprint density at radius 1 is 1.19 bits per heavy atom. The van der Waals surface area contributed by atoms with Gasteiger partial charge in [0.05, 0.1) is 37.4 Å². The van der Waals surface area contributed by atoms with Crippen LogP contribution in [0.25, 0.3) is 5.69 Å². The summed E-state index contributed by atoms with van der Waals surface area (Å²) < 4.78 is 7.33. The molecule has 2 aliphatic rings. The molecule has 0 aliphatic carbocycles. The number of amides is 1. The van der Waals surface area contributed by atoms with Crippen LogP contribution < -0.4 is 5.32 Å². The van der Waals surface area contributed by atoms with E-state index in [9.17, 15) is 4.79 Å². The van der Waals surface area contributed by atoms with Gasteiger partial charge in [0.15, 0.2) is 5.82 Å². The maximum absolute atomic E-state index is 12.5. The number of carbonyl (C=O) groups excluding carboxylic acids is 1. The molecule has 0 radical (unpaired) electrons. The molecule has 2 fully saturated rings. The van der Waals surface area contributed by atoms with Crippen LogP contribution in [0.3, 0.4) is 0 Å². The van der Waals surface area contributed by atoms with Gasteiger partial charge in [-0.25, -0.2) is 0 Å². The Kier molecular flexibility index (Phi) is 5.45. The van der Waals surface area contributed by atoms with Gasteiger partial charge in [-0.3, -0.25) is 9.69 Å². The first-order valence-corrected chi connectivity index (χ1v) is 9.66. The van der Waals surface area contributed by atoms with Gasteiger partial charge in [0.25, 0.3) is 0 Å². The average molecular weight is 370 g/mol. The Morgan fingerprint density at radius 2 is 1.96 bits per heavy atom. The van der Waals surface area contributed by atoms with E-state index in [1.807, 2.05) is 31.2 Å². The predicted molar refractivity (Wildman–Crippen MR) is 99.6 cm³/mol. The molecular weight excluding hydrogens is 344 g/mol. The highest BCUT2D eigenvalue weighted by Crippen LogP contribution is 2.19. The van der Waals surface area contributed by atoms with Crippen LogP contribution in [-0.4, -0.2) is 69.4 Å². The summed E-state index contributed by atoms with van der Waals surface area (Å²) in [7, 11) is 0. The molecule has 1 amide bonds. The fourth-order valence-electron chi connectivity index (χ4n) is 3.96. The highest BCUT2D eigenvalue weighted by Gasteiger charge is 2.34. The van der Waals surface area contributed by atoms with Crippen molar-refractivity contribution in [3.8, 4) is 5.69 Å². The Morgan fingerprint density at radius 3 is 2.67 bits per heavy atom. The van der Waals surface area contributed by atoms with E-state index < -0.39 is 0 Å². The summed E-state index contributed by atoms with van der Waals surface area (Å²) in [6.07, 6.45) is 4.15. The SMILES string of the molecule is Cc1nnnn1-c1ccc(CC(=O)N[C@H]2COC[C@@H]2N2CCCCC2)cc1. The quantitative estimate of drug-likeness (QED) is 0.841. The Hall–Kier alpha value is -2.32. The molecule has 0 unspecified atom stereocenters. The Balaban J connectivity index is 1.34. The molecule has 0 saturated carbocycles. The van der Waals surface area contributed by atoms with E-state index in [1.165, 1.54) is 19.3 Å². The van der Waals surface area contributed by atoms with E-state index in [0.717, 1.165) is 30.2 Å². The molecular formula is C19H26N6O2. The molecule has 1 aromatic heterocycles. The summed E-state index contributed by atoms with van der Waals surface area (Å²) in [6, 6.07) is 8.15. The third-order valence-electron chi connectivity index (χ3n) is 5.43. The number of ether oxygens (including phenoxy) is 1. The fourth-order valence-corrected chi connectivity index (χ4v) is 3.96. The van der Waals surface area contributed by atoms with Crippen LogP contribution in [-0.2, 0) is 16.0 Å². The van der Waals surface area contributed by atoms with Crippen molar-refractivity contribution in [1.29, 1.82) is 0 Å². The minimum absolute atomic E-state index is 0.0406. The van der Waals surface area contributed by atoms with E-state index in [0.29, 0.717) is 25.7 Å². The zero-order valence-corrected chi connectivity index (χ0v) is 15.7. The molecule has 0 bridgehead atoms. The molecule has 2 atom stereocenters. The van der Waals surface area contributed by atoms with E-state index >= 15 is 0 Å². The van der Waals surface area contributed by atoms with Gasteiger partial charge in [-0.05, 0) is 61.0 Å². The fraction of sp³-hybridized carbons (Fsp3) is 0.579. The highest BCUT2D eigenvalue weighted by molar-refractivity contribution is 5.79. The lowest BCUT2D eigenvalue weighted by Crippen LogP contribution is -2.52. The van der Waals surface area contributed by atoms with Crippen molar-refractivity contribution in [2.75, 3.05) is 26.3 Å². The van der Waals surface area contributed by atoms with Crippen LogP contribution in [0.5, 0.6) is 0 Å². The first-order chi connectivity index (χ1) is 13.2. The maximum atomic E-state index is 12.5. The summed E-state index contributed by atoms with van der Waals surface area (Å²) in [5, 5.41) is 14.7. The molecule has 3 heterocycles. The van der Waals surface area contributed by atoms with Gasteiger partial charge in [-0.1, -0.05) is 18.6 Å². The molecule has 1 aromatic carbocycles. The third-order valence-corrected chi connectivity index (χ3v) is 5.43. The van der Waals surface area contributed by atoms with Gasteiger partial charge in [-0.15, -0.1) is 5.10 Å². The molecule has 0 spiro atoms. The number of nitrogens with zero attached hydrogens (tertiary/aromatic N) is 5. The van der Waals surface area contributed by atoms with Crippen molar-refractivity contribution >= 4 is 5.91 Å². The second kappa shape index (κ2) is 8.14. The molecule has 2 saturated heterocycles. The van der Waals surface area contributed by atoms with Gasteiger partial charge in [0.1, 0.15) is 0 Å². The minimum atomic E-state index is 0.0406. The number of aromatic nitrogens is 4. The molecule has 2 aromatic rings. The lowest BCUT2D eigenvalue weighted by atomic mass is 10.0. The lowest BCUT2D eigenvalue weighted by molar-refractivity contribution is -0.121. The summed E-state index contributed by atoms with van der Waals surface area (Å²) in [5.41, 5.74) is 1.85. The average Bonchev–Trinajstić information content (AvgIpc) is 3.32. The molecule has 144 valence electrons. The topological polar surface area (TPSA) is 85.2 Å². The normalized spacial score (nSPS) is 23.4. The monoisotopic (exact) mass is 370 g/mol. The van der Waals surface area contributed by atoms with Crippen LogP contribution in [0.2, 0.25) is 0 Å². The lowest BCUT2D eigenvalue weighted by Gasteiger charge is -2.34. The molecule has 1 N–H and O–H groups in total. The number of tetrazole rings is 1. The predicted octanol–water partition coefficient (Wildman–Crippen LogP) is 0.883. The maximum Gasteiger partial charge on any atom is 0.224 e. The summed E-state index contributed by atoms with van der Waals surface area (Å²) >= 11 is 0. The molecule has 8 heteroatoms. The van der Waals surface area contributed by atoms with Gasteiger partial charge < -0.3 is 10.1 Å². The van der Waals surface area contributed by atoms with E-state index in [1.54, 1.807) is 4.68 Å². The van der Waals surface area contributed by atoms with Crippen LogP contribution in [0.15, 0.2) is 24.3 Å². The van der Waals surface area contributed by atoms with Gasteiger partial charge in [0, 0.05) is 0 Å². The van der Waals surface area contributed by atoms with Crippen molar-refractivity contribution in [3.63, 3.8) is 0 Å². The highest BCUT2D eigenvalue weighted by atomic mass is 16.5. The molecule has 8 nitrogen and oxygen atoms in total. The second-order valence-corrected chi connectivity index (χ2v) is 7.36. The van der Waals surface area contributed by atoms with E-state index in [4.69, 9.17) is 4.74 Å². The number of nitrogens with one attached hydrogen (secondary N) is 1. The Labute approximate surface area is 158 Å². The zero-order valence-electron chi connectivity index (χ0n) is 15.7. The zero-order chi connectivity index (χ0) is 18.6. The summed E-state index contributed by atoms with van der Waals surface area (Å²) in [5.74, 6) is 0.768. The largest absolute Gasteiger partial charge is 0.378 e. The number of likely N-dealkylation sites (tertiary alicyclic amines) is 1. The van der Waals surface area contributed by atoms with Crippen LogP contribution in [0.4, 0.5) is 0 Å². The minimum Gasteiger partial charge on any atom is -0.378 e. The van der Waals surface area contributed by atoms with Crippen LogP contribution >= 0.6 is 0 Å². The van der Waals surface area contributed by atoms with Crippen LogP contribution in [0, 0.1) is 6.92 Å². The smallest absolute Gasteiger partial charge is 0.224 e. The van der Waals surface area contributed by atoms with Gasteiger partial charge in [-0.2, -0.15) is 4.68 Å². The van der Waals surface area contributed by atoms with E-state index in [-0.39, 0.29) is 11.9 Å². The van der Waals surface area contributed by atoms with Crippen molar-refractivity contribution in [1.82, 2.24) is 30.4 Å². The number of carbonyl (C=O) groups is 1. The number of rotatable bonds is 5. The third kappa shape index (κ3) is 4.17. The number of hydrogen-bond donors (Lipinski definition) is 1. The van der Waals surface area contributed by atoms with E-state index in [2.05, 4.69) is 25.7 Å². The summed E-state index contributed by atoms with van der Waals surface area (Å²) in [4.78, 5) is 15.0. The van der Waals surface area contributed by atoms with Gasteiger partial charge in [0.2, 0.25) is 5.91 Å². The Bertz CT molecular complexity index is 769. The van der Waals surface area contributed by atoms with Crippen molar-refractivity contribution < 1.29 is 9.53 Å². The standard InChI is InChI=1S/C19H26N6O2/c1-14-21-22-23-25(14)16-7-5-15(6-8-16)11-19(26)20-17-12-27-13-18(17)24-9-3-2-4-10-24/h5-8,17-18H,2-4,9-13H2,1H3,(H,20,26)/t17-,18-/m0/s1. The number of aryl methyl sites for hydroxylation is 1. The molecule has 4 rings (SSSR count).